The number of anilines is 1. The van der Waals surface area contributed by atoms with Gasteiger partial charge in [-0.3, -0.25) is 9.69 Å². The SMILES string of the molecule is CCN(CC(=O)Nc1ccccc1C(F)(F)F)Cc1csc(-c2ccsc2)n1. The molecule has 3 aromatic rings. The highest BCUT2D eigenvalue weighted by atomic mass is 32.1. The number of rotatable bonds is 7. The predicted molar refractivity (Wildman–Crippen MR) is 106 cm³/mol. The molecule has 0 unspecified atom stereocenters. The van der Waals surface area contributed by atoms with Gasteiger partial charge in [0.1, 0.15) is 5.01 Å². The summed E-state index contributed by atoms with van der Waals surface area (Å²) in [6, 6.07) is 6.96. The van der Waals surface area contributed by atoms with E-state index >= 15 is 0 Å². The number of carbonyl (C=O) groups is 1. The number of alkyl halides is 3. The minimum absolute atomic E-state index is 0.0198. The molecule has 0 aliphatic heterocycles. The molecule has 9 heteroatoms. The molecule has 0 bridgehead atoms. The van der Waals surface area contributed by atoms with E-state index in [1.165, 1.54) is 29.5 Å². The standard InChI is InChI=1S/C19H18F3N3OS2/c1-2-25(9-14-12-28-18(23-14)13-7-8-27-11-13)10-17(26)24-16-6-4-3-5-15(16)19(20,21)22/h3-8,11-12H,2,9-10H2,1H3,(H,24,26). The number of halogens is 3. The minimum atomic E-state index is -4.52. The molecular weight excluding hydrogens is 407 g/mol. The van der Waals surface area contributed by atoms with Crippen molar-refractivity contribution in [3.05, 3.63) is 57.7 Å². The lowest BCUT2D eigenvalue weighted by molar-refractivity contribution is -0.137. The van der Waals surface area contributed by atoms with E-state index in [1.807, 2.05) is 34.0 Å². The smallest absolute Gasteiger partial charge is 0.324 e. The second kappa shape index (κ2) is 8.85. The van der Waals surface area contributed by atoms with Crippen molar-refractivity contribution in [3.8, 4) is 10.6 Å². The largest absolute Gasteiger partial charge is 0.418 e. The zero-order valence-electron chi connectivity index (χ0n) is 15.0. The van der Waals surface area contributed by atoms with E-state index in [0.29, 0.717) is 13.1 Å². The van der Waals surface area contributed by atoms with Crippen LogP contribution in [0, 0.1) is 0 Å². The van der Waals surface area contributed by atoms with Gasteiger partial charge in [-0.15, -0.1) is 11.3 Å². The summed E-state index contributed by atoms with van der Waals surface area (Å²) in [7, 11) is 0. The molecule has 0 fully saturated rings. The summed E-state index contributed by atoms with van der Waals surface area (Å²) in [5.41, 5.74) is 0.804. The van der Waals surface area contributed by atoms with Crippen LogP contribution in [0.1, 0.15) is 18.2 Å². The average Bonchev–Trinajstić information content (AvgIpc) is 3.32. The fraction of sp³-hybridized carbons (Fsp3) is 0.263. The van der Waals surface area contributed by atoms with E-state index < -0.39 is 17.6 Å². The number of benzene rings is 1. The number of nitrogens with one attached hydrogen (secondary N) is 1. The average molecular weight is 426 g/mol. The Hall–Kier alpha value is -2.23. The molecule has 1 N–H and O–H groups in total. The Bertz CT molecular complexity index is 923. The van der Waals surface area contributed by atoms with E-state index in [4.69, 9.17) is 0 Å². The molecule has 1 aromatic carbocycles. The van der Waals surface area contributed by atoms with Crippen molar-refractivity contribution in [2.75, 3.05) is 18.4 Å². The van der Waals surface area contributed by atoms with Crippen molar-refractivity contribution in [3.63, 3.8) is 0 Å². The zero-order valence-corrected chi connectivity index (χ0v) is 16.6. The number of hydrogen-bond donors (Lipinski definition) is 1. The highest BCUT2D eigenvalue weighted by Crippen LogP contribution is 2.34. The third-order valence-electron chi connectivity index (χ3n) is 4.03. The molecule has 0 saturated heterocycles. The predicted octanol–water partition coefficient (Wildman–Crippen LogP) is 5.35. The summed E-state index contributed by atoms with van der Waals surface area (Å²) in [4.78, 5) is 18.7. The van der Waals surface area contributed by atoms with Gasteiger partial charge in [-0.25, -0.2) is 4.98 Å². The number of thiophene rings is 1. The van der Waals surface area contributed by atoms with Gasteiger partial charge in [-0.05, 0) is 30.1 Å². The Morgan fingerprint density at radius 3 is 2.68 bits per heavy atom. The lowest BCUT2D eigenvalue weighted by atomic mass is 10.1. The molecule has 28 heavy (non-hydrogen) atoms. The zero-order chi connectivity index (χ0) is 20.1. The maximum Gasteiger partial charge on any atom is 0.418 e. The normalized spacial score (nSPS) is 11.8. The molecule has 0 radical (unpaired) electrons. The van der Waals surface area contributed by atoms with Gasteiger partial charge in [0.2, 0.25) is 5.91 Å². The van der Waals surface area contributed by atoms with Gasteiger partial charge < -0.3 is 5.32 Å². The van der Waals surface area contributed by atoms with Crippen molar-refractivity contribution < 1.29 is 18.0 Å². The quantitative estimate of drug-likeness (QED) is 0.555. The van der Waals surface area contributed by atoms with Crippen LogP contribution in [0.4, 0.5) is 18.9 Å². The molecule has 2 aromatic heterocycles. The topological polar surface area (TPSA) is 45.2 Å². The molecule has 4 nitrogen and oxygen atoms in total. The first-order chi connectivity index (χ1) is 13.4. The van der Waals surface area contributed by atoms with Crippen LogP contribution in [-0.2, 0) is 17.5 Å². The third kappa shape index (κ3) is 5.18. The highest BCUT2D eigenvalue weighted by molar-refractivity contribution is 7.14. The Morgan fingerprint density at radius 2 is 2.00 bits per heavy atom. The molecule has 0 spiro atoms. The lowest BCUT2D eigenvalue weighted by Gasteiger charge is -2.19. The molecule has 2 heterocycles. The summed E-state index contributed by atoms with van der Waals surface area (Å²) < 4.78 is 39.2. The fourth-order valence-corrected chi connectivity index (χ4v) is 4.16. The van der Waals surface area contributed by atoms with Crippen LogP contribution < -0.4 is 5.32 Å². The summed E-state index contributed by atoms with van der Waals surface area (Å²) in [6.07, 6.45) is -4.52. The molecular formula is C19H18F3N3OS2. The number of carbonyl (C=O) groups excluding carboxylic acids is 1. The van der Waals surface area contributed by atoms with Crippen LogP contribution in [0.2, 0.25) is 0 Å². The molecule has 0 aliphatic rings. The highest BCUT2D eigenvalue weighted by Gasteiger charge is 2.33. The Kier molecular flexibility index (Phi) is 6.48. The first-order valence-corrected chi connectivity index (χ1v) is 10.3. The summed E-state index contributed by atoms with van der Waals surface area (Å²) in [5.74, 6) is -0.494. The molecule has 0 saturated carbocycles. The number of amides is 1. The number of hydrogen-bond acceptors (Lipinski definition) is 5. The molecule has 0 atom stereocenters. The van der Waals surface area contributed by atoms with E-state index in [-0.39, 0.29) is 12.2 Å². The van der Waals surface area contributed by atoms with Gasteiger partial charge in [0, 0.05) is 22.9 Å². The Balaban J connectivity index is 1.63. The molecule has 3 rings (SSSR count). The summed E-state index contributed by atoms with van der Waals surface area (Å²) >= 11 is 3.13. The van der Waals surface area contributed by atoms with Crippen molar-refractivity contribution in [1.29, 1.82) is 0 Å². The van der Waals surface area contributed by atoms with Crippen LogP contribution in [-0.4, -0.2) is 28.9 Å². The molecule has 0 aliphatic carbocycles. The van der Waals surface area contributed by atoms with Gasteiger partial charge in [0.05, 0.1) is 23.5 Å². The summed E-state index contributed by atoms with van der Waals surface area (Å²) in [5, 5.41) is 9.23. The first kappa shape index (κ1) is 20.5. The lowest BCUT2D eigenvalue weighted by Crippen LogP contribution is -2.33. The van der Waals surface area contributed by atoms with E-state index in [2.05, 4.69) is 10.3 Å². The number of para-hydroxylation sites is 1. The minimum Gasteiger partial charge on any atom is -0.324 e. The Labute approximate surface area is 168 Å². The van der Waals surface area contributed by atoms with Crippen molar-refractivity contribution in [2.45, 2.75) is 19.6 Å². The number of nitrogens with zero attached hydrogens (tertiary/aromatic N) is 2. The van der Waals surface area contributed by atoms with E-state index in [1.54, 1.807) is 11.3 Å². The van der Waals surface area contributed by atoms with E-state index in [9.17, 15) is 18.0 Å². The van der Waals surface area contributed by atoms with Crippen molar-refractivity contribution in [2.24, 2.45) is 0 Å². The van der Waals surface area contributed by atoms with Crippen LogP contribution in [0.15, 0.2) is 46.5 Å². The fourth-order valence-electron chi connectivity index (χ4n) is 2.64. The van der Waals surface area contributed by atoms with E-state index in [0.717, 1.165) is 22.3 Å². The second-order valence-electron chi connectivity index (χ2n) is 6.05. The van der Waals surface area contributed by atoms with Crippen LogP contribution in [0.5, 0.6) is 0 Å². The monoisotopic (exact) mass is 425 g/mol. The van der Waals surface area contributed by atoms with Crippen molar-refractivity contribution >= 4 is 34.3 Å². The van der Waals surface area contributed by atoms with Gasteiger partial charge in [0.25, 0.3) is 0 Å². The van der Waals surface area contributed by atoms with Crippen molar-refractivity contribution in [1.82, 2.24) is 9.88 Å². The second-order valence-corrected chi connectivity index (χ2v) is 7.69. The summed E-state index contributed by atoms with van der Waals surface area (Å²) in [6.45, 7) is 2.89. The maximum absolute atomic E-state index is 13.1. The number of likely N-dealkylation sites (N-methyl/N-ethyl adjacent to an activating group) is 1. The first-order valence-electron chi connectivity index (χ1n) is 8.52. The number of thiazole rings is 1. The van der Waals surface area contributed by atoms with Gasteiger partial charge in [-0.1, -0.05) is 19.1 Å². The van der Waals surface area contributed by atoms with Crippen LogP contribution >= 0.6 is 22.7 Å². The Morgan fingerprint density at radius 1 is 1.21 bits per heavy atom. The third-order valence-corrected chi connectivity index (χ3v) is 5.65. The van der Waals surface area contributed by atoms with Crippen LogP contribution in [0.3, 0.4) is 0 Å². The molecule has 1 amide bonds. The number of aromatic nitrogens is 1. The van der Waals surface area contributed by atoms with Gasteiger partial charge >= 0.3 is 6.18 Å². The van der Waals surface area contributed by atoms with Gasteiger partial charge in [-0.2, -0.15) is 24.5 Å². The van der Waals surface area contributed by atoms with Gasteiger partial charge in [0.15, 0.2) is 0 Å². The maximum atomic E-state index is 13.1. The molecule has 148 valence electrons. The van der Waals surface area contributed by atoms with Crippen LogP contribution in [0.25, 0.3) is 10.6 Å².